The number of ether oxygens (including phenoxy) is 1. The molecule has 182 valence electrons. The van der Waals surface area contributed by atoms with Crippen molar-refractivity contribution < 1.29 is 27.1 Å². The van der Waals surface area contributed by atoms with E-state index in [-0.39, 0.29) is 33.1 Å². The molecule has 3 aromatic rings. The number of rotatable bonds is 6. The number of hydrogen-bond donors (Lipinski definition) is 2. The Morgan fingerprint density at radius 1 is 1.29 bits per heavy atom. The van der Waals surface area contributed by atoms with E-state index in [1.807, 2.05) is 0 Å². The third-order valence-corrected chi connectivity index (χ3v) is 6.46. The molecule has 6 nitrogen and oxygen atoms in total. The lowest BCUT2D eigenvalue weighted by molar-refractivity contribution is -0.148. The molecule has 12 heteroatoms. The maximum atomic E-state index is 14.9. The first-order valence-electron chi connectivity index (χ1n) is 10.4. The van der Waals surface area contributed by atoms with E-state index in [4.69, 9.17) is 27.9 Å². The number of fused-ring (bicyclic) bond motifs is 1. The molecule has 4 rings (SSSR count). The van der Waals surface area contributed by atoms with Gasteiger partial charge in [-0.1, -0.05) is 23.2 Å². The van der Waals surface area contributed by atoms with E-state index in [9.17, 15) is 22.4 Å². The van der Waals surface area contributed by atoms with Gasteiger partial charge in [-0.15, -0.1) is 0 Å². The first-order chi connectivity index (χ1) is 16.1. The van der Waals surface area contributed by atoms with E-state index in [2.05, 4.69) is 15.7 Å². The molecule has 0 aliphatic carbocycles. The van der Waals surface area contributed by atoms with Gasteiger partial charge in [0, 0.05) is 23.2 Å². The summed E-state index contributed by atoms with van der Waals surface area (Å²) in [5.74, 6) is -1.38. The first-order valence-corrected chi connectivity index (χ1v) is 11.2. The molecular weight excluding hydrogens is 499 g/mol. The summed E-state index contributed by atoms with van der Waals surface area (Å²) < 4.78 is 61.6. The highest BCUT2D eigenvalue weighted by molar-refractivity contribution is 6.42. The number of carbonyl (C=O) groups is 1. The fourth-order valence-corrected chi connectivity index (χ4v) is 4.76. The molecule has 0 amide bonds. The van der Waals surface area contributed by atoms with Crippen LogP contribution >= 0.6 is 23.2 Å². The van der Waals surface area contributed by atoms with Gasteiger partial charge in [-0.25, -0.2) is 9.07 Å². The summed E-state index contributed by atoms with van der Waals surface area (Å²) in [6.07, 6.45) is -4.29. The molecule has 0 spiro atoms. The number of aromatic nitrogens is 2. The summed E-state index contributed by atoms with van der Waals surface area (Å²) in [6.45, 7) is 1.78. The molecule has 1 saturated heterocycles. The maximum absolute atomic E-state index is 14.9. The van der Waals surface area contributed by atoms with Crippen LogP contribution in [0.15, 0.2) is 30.3 Å². The van der Waals surface area contributed by atoms with Gasteiger partial charge in [0.15, 0.2) is 5.69 Å². The lowest BCUT2D eigenvalue weighted by Gasteiger charge is -2.33. The Morgan fingerprint density at radius 3 is 2.71 bits per heavy atom. The molecule has 1 fully saturated rings. The zero-order valence-electron chi connectivity index (χ0n) is 17.9. The zero-order valence-corrected chi connectivity index (χ0v) is 19.4. The fraction of sp³-hybridized carbons (Fsp3) is 0.364. The Morgan fingerprint density at radius 2 is 2.06 bits per heavy atom. The van der Waals surface area contributed by atoms with Crippen molar-refractivity contribution in [3.05, 3.63) is 57.5 Å². The monoisotopic (exact) mass is 518 g/mol. The van der Waals surface area contributed by atoms with Crippen LogP contribution < -0.4 is 10.6 Å². The maximum Gasteiger partial charge on any atom is 0.433 e. The molecular formula is C22H20Cl2F4N4O2. The summed E-state index contributed by atoms with van der Waals surface area (Å²) in [7, 11) is 0. The Labute approximate surface area is 202 Å². The Hall–Kier alpha value is -2.56. The van der Waals surface area contributed by atoms with E-state index in [1.165, 1.54) is 30.3 Å². The lowest BCUT2D eigenvalue weighted by Crippen LogP contribution is -2.39. The molecule has 1 aliphatic heterocycles. The van der Waals surface area contributed by atoms with Crippen LogP contribution in [0.1, 0.15) is 24.6 Å². The van der Waals surface area contributed by atoms with Crippen LogP contribution in [0.5, 0.6) is 0 Å². The average molecular weight is 519 g/mol. The van der Waals surface area contributed by atoms with Crippen molar-refractivity contribution in [2.24, 2.45) is 0 Å². The number of hydrogen-bond acceptors (Lipinski definition) is 5. The number of benzene rings is 2. The normalized spacial score (nSPS) is 18.4. The van der Waals surface area contributed by atoms with Crippen LogP contribution in [0.25, 0.3) is 10.9 Å². The van der Waals surface area contributed by atoms with Gasteiger partial charge in [0.25, 0.3) is 0 Å². The van der Waals surface area contributed by atoms with Crippen molar-refractivity contribution in [1.82, 2.24) is 15.1 Å². The second-order valence-electron chi connectivity index (χ2n) is 7.89. The topological polar surface area (TPSA) is 68.2 Å². The van der Waals surface area contributed by atoms with E-state index in [0.29, 0.717) is 29.9 Å². The number of esters is 1. The molecule has 2 N–H and O–H groups in total. The predicted molar refractivity (Wildman–Crippen MR) is 121 cm³/mol. The smallest absolute Gasteiger partial charge is 0.433 e. The minimum absolute atomic E-state index is 0.0143. The molecule has 2 aromatic carbocycles. The van der Waals surface area contributed by atoms with Crippen molar-refractivity contribution in [3.8, 4) is 0 Å². The van der Waals surface area contributed by atoms with Gasteiger partial charge in [0.2, 0.25) is 0 Å². The third kappa shape index (κ3) is 4.54. The summed E-state index contributed by atoms with van der Waals surface area (Å²) in [5.41, 5.74) is -1.44. The van der Waals surface area contributed by atoms with Crippen LogP contribution in [0, 0.1) is 5.82 Å². The highest BCUT2D eigenvalue weighted by atomic mass is 35.5. The quantitative estimate of drug-likeness (QED) is 0.261. The number of nitrogens with one attached hydrogen (secondary N) is 2. The van der Waals surface area contributed by atoms with E-state index < -0.39 is 35.7 Å². The van der Waals surface area contributed by atoms with Gasteiger partial charge < -0.3 is 15.4 Å². The predicted octanol–water partition coefficient (Wildman–Crippen LogP) is 5.36. The fourth-order valence-electron chi connectivity index (χ4n) is 4.27. The van der Waals surface area contributed by atoms with Crippen molar-refractivity contribution in [2.75, 3.05) is 25.0 Å². The Kier molecular flexibility index (Phi) is 6.67. The standard InChI is InChI=1S/C22H20Cl2F4N4O2/c1-2-34-17(33)10-32-20(22(26,27)28)13-4-3-12(9-16(13)31-32)30-21(7-8-29-11-21)18-15(25)6-5-14(23)19(18)24/h3-6,9,29-30H,2,7-8,10-11H2,1H3. The van der Waals surface area contributed by atoms with Gasteiger partial charge >= 0.3 is 12.1 Å². The molecule has 0 radical (unpaired) electrons. The second-order valence-corrected chi connectivity index (χ2v) is 8.68. The molecule has 1 atom stereocenters. The minimum Gasteiger partial charge on any atom is -0.465 e. The molecule has 34 heavy (non-hydrogen) atoms. The van der Waals surface area contributed by atoms with Crippen molar-refractivity contribution in [3.63, 3.8) is 0 Å². The van der Waals surface area contributed by atoms with Gasteiger partial charge in [-0.05, 0) is 50.2 Å². The van der Waals surface area contributed by atoms with Crippen LogP contribution in [-0.4, -0.2) is 35.4 Å². The second kappa shape index (κ2) is 9.24. The number of alkyl halides is 3. The third-order valence-electron chi connectivity index (χ3n) is 5.65. The van der Waals surface area contributed by atoms with Crippen molar-refractivity contribution >= 4 is 45.8 Å². The highest BCUT2D eigenvalue weighted by Gasteiger charge is 2.41. The number of halogens is 6. The summed E-state index contributed by atoms with van der Waals surface area (Å²) >= 11 is 12.5. The van der Waals surface area contributed by atoms with Crippen LogP contribution in [-0.2, 0) is 27.8 Å². The van der Waals surface area contributed by atoms with Crippen molar-refractivity contribution in [1.29, 1.82) is 0 Å². The number of anilines is 1. The average Bonchev–Trinajstić information content (AvgIpc) is 3.35. The van der Waals surface area contributed by atoms with Crippen LogP contribution in [0.3, 0.4) is 0 Å². The Bertz CT molecular complexity index is 1240. The lowest BCUT2D eigenvalue weighted by atomic mass is 9.88. The summed E-state index contributed by atoms with van der Waals surface area (Å²) in [4.78, 5) is 11.8. The van der Waals surface area contributed by atoms with E-state index in [0.717, 1.165) is 0 Å². The molecule has 1 aliphatic rings. The first kappa shape index (κ1) is 24.6. The highest BCUT2D eigenvalue weighted by Crippen LogP contribution is 2.42. The molecule has 2 heterocycles. The summed E-state index contributed by atoms with van der Waals surface area (Å²) in [6, 6.07) is 6.72. The summed E-state index contributed by atoms with van der Waals surface area (Å²) in [5, 5.41) is 10.5. The van der Waals surface area contributed by atoms with Crippen molar-refractivity contribution in [2.45, 2.75) is 31.6 Å². The molecule has 1 aromatic heterocycles. The van der Waals surface area contributed by atoms with Gasteiger partial charge in [0.05, 0.1) is 27.7 Å². The molecule has 0 bridgehead atoms. The molecule has 0 saturated carbocycles. The van der Waals surface area contributed by atoms with Gasteiger partial charge in [0.1, 0.15) is 12.4 Å². The van der Waals surface area contributed by atoms with E-state index >= 15 is 0 Å². The number of carbonyl (C=O) groups excluding carboxylic acids is 1. The molecule has 1 unspecified atom stereocenters. The minimum atomic E-state index is -4.75. The largest absolute Gasteiger partial charge is 0.465 e. The van der Waals surface area contributed by atoms with Crippen LogP contribution in [0.4, 0.5) is 23.2 Å². The van der Waals surface area contributed by atoms with E-state index in [1.54, 1.807) is 6.92 Å². The Balaban J connectivity index is 1.77. The number of nitrogens with zero attached hydrogens (tertiary/aromatic N) is 2. The zero-order chi connectivity index (χ0) is 24.7. The SMILES string of the molecule is CCOC(=O)Cn1nc2cc(NC3(c4c(F)ccc(Cl)c4Cl)CCNC3)ccc2c1C(F)(F)F. The van der Waals surface area contributed by atoms with Gasteiger partial charge in [-0.2, -0.15) is 18.3 Å². The van der Waals surface area contributed by atoms with Crippen LogP contribution in [0.2, 0.25) is 10.0 Å². The van der Waals surface area contributed by atoms with Gasteiger partial charge in [-0.3, -0.25) is 4.79 Å².